The minimum atomic E-state index is -3.55. The van der Waals surface area contributed by atoms with Gasteiger partial charge in [0.25, 0.3) is 0 Å². The van der Waals surface area contributed by atoms with Crippen molar-refractivity contribution >= 4 is 27.6 Å². The maximum Gasteiger partial charge on any atom is 0.242 e. The lowest BCUT2D eigenvalue weighted by Gasteiger charge is -2.12. The zero-order chi connectivity index (χ0) is 18.8. The van der Waals surface area contributed by atoms with Gasteiger partial charge in [0.05, 0.1) is 0 Å². The highest BCUT2D eigenvalue weighted by atomic mass is 35.5. The fourth-order valence-electron chi connectivity index (χ4n) is 2.19. The highest BCUT2D eigenvalue weighted by Gasteiger charge is 2.12. The van der Waals surface area contributed by atoms with Crippen molar-refractivity contribution in [3.8, 4) is 0 Å². The third-order valence-electron chi connectivity index (χ3n) is 3.47. The zero-order valence-corrected chi connectivity index (χ0v) is 16.0. The van der Waals surface area contributed by atoms with E-state index in [1.54, 1.807) is 13.1 Å². The summed E-state index contributed by atoms with van der Waals surface area (Å²) in [4.78, 5) is 8.07. The number of halogens is 1. The minimum absolute atomic E-state index is 0.143. The lowest BCUT2D eigenvalue weighted by molar-refractivity contribution is 0.580. The fourth-order valence-corrected chi connectivity index (χ4v) is 3.40. The number of sulfonamides is 1. The van der Waals surface area contributed by atoms with Crippen molar-refractivity contribution in [3.63, 3.8) is 0 Å². The first kappa shape index (κ1) is 20.2. The quantitative estimate of drug-likeness (QED) is 0.357. The van der Waals surface area contributed by atoms with Crippen LogP contribution in [0.3, 0.4) is 0 Å². The number of rotatable bonds is 8. The normalized spacial score (nSPS) is 12.0. The Bertz CT molecular complexity index is 828. The number of hydrogen-bond donors (Lipinski definition) is 3. The smallest absolute Gasteiger partial charge is 0.242 e. The van der Waals surface area contributed by atoms with E-state index in [-0.39, 0.29) is 11.4 Å². The average Bonchev–Trinajstić information content (AvgIpc) is 2.64. The molecule has 0 aliphatic carbocycles. The van der Waals surface area contributed by atoms with E-state index in [1.165, 1.54) is 18.5 Å². The van der Waals surface area contributed by atoms with E-state index < -0.39 is 10.0 Å². The molecule has 0 aliphatic rings. The number of nitrogens with zero attached hydrogens (tertiary/aromatic N) is 2. The Kier molecular flexibility index (Phi) is 7.83. The summed E-state index contributed by atoms with van der Waals surface area (Å²) in [5.74, 6) is 0.604. The number of pyridine rings is 1. The van der Waals surface area contributed by atoms with Crippen molar-refractivity contribution in [2.45, 2.75) is 11.3 Å². The maximum atomic E-state index is 12.1. The van der Waals surface area contributed by atoms with Gasteiger partial charge in [-0.05, 0) is 36.2 Å². The molecule has 26 heavy (non-hydrogen) atoms. The van der Waals surface area contributed by atoms with E-state index in [9.17, 15) is 8.42 Å². The van der Waals surface area contributed by atoms with E-state index in [1.807, 2.05) is 24.3 Å². The van der Waals surface area contributed by atoms with Crippen LogP contribution < -0.4 is 15.4 Å². The second-order valence-electron chi connectivity index (χ2n) is 5.39. The van der Waals surface area contributed by atoms with E-state index in [2.05, 4.69) is 25.3 Å². The summed E-state index contributed by atoms with van der Waals surface area (Å²) in [7, 11) is -1.89. The van der Waals surface area contributed by atoms with Gasteiger partial charge >= 0.3 is 0 Å². The Balaban J connectivity index is 1.70. The van der Waals surface area contributed by atoms with Crippen LogP contribution in [0.25, 0.3) is 0 Å². The molecule has 0 amide bonds. The summed E-state index contributed by atoms with van der Waals surface area (Å²) >= 11 is 5.96. The molecule has 0 spiro atoms. The van der Waals surface area contributed by atoms with Crippen molar-refractivity contribution in [2.75, 3.05) is 26.7 Å². The van der Waals surface area contributed by atoms with Crippen LogP contribution in [0.1, 0.15) is 5.56 Å². The molecule has 0 radical (unpaired) electrons. The SMILES string of the molecule is CN=C(NCCNS(=O)(=O)c1cccnc1)NCCc1cccc(Cl)c1. The van der Waals surface area contributed by atoms with Crippen LogP contribution in [0.2, 0.25) is 5.02 Å². The molecule has 0 bridgehead atoms. The van der Waals surface area contributed by atoms with Crippen LogP contribution >= 0.6 is 11.6 Å². The van der Waals surface area contributed by atoms with Gasteiger partial charge in [-0.15, -0.1) is 0 Å². The Morgan fingerprint density at radius 2 is 1.96 bits per heavy atom. The van der Waals surface area contributed by atoms with Gasteiger partial charge in [-0.3, -0.25) is 9.98 Å². The maximum absolute atomic E-state index is 12.1. The van der Waals surface area contributed by atoms with E-state index in [0.29, 0.717) is 24.1 Å². The molecule has 0 fully saturated rings. The molecular formula is C17H22ClN5O2S. The van der Waals surface area contributed by atoms with Gasteiger partial charge in [0.2, 0.25) is 10.0 Å². The Morgan fingerprint density at radius 1 is 1.15 bits per heavy atom. The van der Waals surface area contributed by atoms with Crippen LogP contribution in [0.4, 0.5) is 0 Å². The summed E-state index contributed by atoms with van der Waals surface area (Å²) in [5, 5.41) is 6.95. The molecule has 2 rings (SSSR count). The molecule has 3 N–H and O–H groups in total. The standard InChI is InChI=1S/C17H22ClN5O2S/c1-19-17(21-9-7-14-4-2-5-15(18)12-14)22-10-11-23-26(24,25)16-6-3-8-20-13-16/h2-6,8,12-13,23H,7,9-11H2,1H3,(H2,19,21,22). The highest BCUT2D eigenvalue weighted by molar-refractivity contribution is 7.89. The Hall–Kier alpha value is -2.16. The van der Waals surface area contributed by atoms with E-state index in [4.69, 9.17) is 11.6 Å². The molecule has 0 aliphatic heterocycles. The topological polar surface area (TPSA) is 95.5 Å². The summed E-state index contributed by atoms with van der Waals surface area (Å²) < 4.78 is 26.6. The molecule has 1 heterocycles. The molecule has 0 atom stereocenters. The van der Waals surface area contributed by atoms with E-state index in [0.717, 1.165) is 12.0 Å². The first-order valence-corrected chi connectivity index (χ1v) is 9.96. The third kappa shape index (κ3) is 6.62. The van der Waals surface area contributed by atoms with Crippen LogP contribution in [-0.2, 0) is 16.4 Å². The number of nitrogens with one attached hydrogen (secondary N) is 3. The summed E-state index contributed by atoms with van der Waals surface area (Å²) in [6.45, 7) is 1.31. The van der Waals surface area contributed by atoms with Crippen molar-refractivity contribution < 1.29 is 8.42 Å². The first-order chi connectivity index (χ1) is 12.5. The summed E-state index contributed by atoms with van der Waals surface area (Å²) in [6, 6.07) is 10.8. The van der Waals surface area contributed by atoms with Gasteiger partial charge in [-0.25, -0.2) is 13.1 Å². The van der Waals surface area contributed by atoms with Gasteiger partial charge in [0.1, 0.15) is 4.90 Å². The second-order valence-corrected chi connectivity index (χ2v) is 7.60. The van der Waals surface area contributed by atoms with Gasteiger partial charge in [0, 0.05) is 44.1 Å². The molecule has 2 aromatic rings. The monoisotopic (exact) mass is 395 g/mol. The molecular weight excluding hydrogens is 374 g/mol. The lowest BCUT2D eigenvalue weighted by Crippen LogP contribution is -2.42. The highest BCUT2D eigenvalue weighted by Crippen LogP contribution is 2.10. The number of aromatic nitrogens is 1. The van der Waals surface area contributed by atoms with Gasteiger partial charge in [-0.2, -0.15) is 0 Å². The van der Waals surface area contributed by atoms with Gasteiger partial charge in [0.15, 0.2) is 5.96 Å². The van der Waals surface area contributed by atoms with Crippen LogP contribution in [0.15, 0.2) is 58.7 Å². The molecule has 0 saturated heterocycles. The van der Waals surface area contributed by atoms with E-state index >= 15 is 0 Å². The fraction of sp³-hybridized carbons (Fsp3) is 0.294. The number of guanidine groups is 1. The van der Waals surface area contributed by atoms with Crippen molar-refractivity contribution in [1.29, 1.82) is 0 Å². The Morgan fingerprint density at radius 3 is 2.65 bits per heavy atom. The van der Waals surface area contributed by atoms with Crippen LogP contribution in [-0.4, -0.2) is 46.0 Å². The number of aliphatic imine (C=N–C) groups is 1. The minimum Gasteiger partial charge on any atom is -0.356 e. The van der Waals surface area contributed by atoms with Crippen LogP contribution in [0.5, 0.6) is 0 Å². The van der Waals surface area contributed by atoms with Crippen molar-refractivity contribution in [2.24, 2.45) is 4.99 Å². The van der Waals surface area contributed by atoms with Crippen molar-refractivity contribution in [1.82, 2.24) is 20.3 Å². The third-order valence-corrected chi connectivity index (χ3v) is 5.15. The molecule has 7 nitrogen and oxygen atoms in total. The summed E-state index contributed by atoms with van der Waals surface area (Å²) in [5.41, 5.74) is 1.13. The van der Waals surface area contributed by atoms with Crippen molar-refractivity contribution in [3.05, 3.63) is 59.4 Å². The van der Waals surface area contributed by atoms with Gasteiger partial charge < -0.3 is 10.6 Å². The zero-order valence-electron chi connectivity index (χ0n) is 14.4. The number of hydrogen-bond acceptors (Lipinski definition) is 4. The number of benzene rings is 1. The van der Waals surface area contributed by atoms with Gasteiger partial charge in [-0.1, -0.05) is 23.7 Å². The predicted molar refractivity (Wildman–Crippen MR) is 104 cm³/mol. The average molecular weight is 396 g/mol. The molecule has 0 saturated carbocycles. The van der Waals surface area contributed by atoms with Crippen LogP contribution in [0, 0.1) is 0 Å². The largest absolute Gasteiger partial charge is 0.356 e. The molecule has 0 unspecified atom stereocenters. The first-order valence-electron chi connectivity index (χ1n) is 8.10. The predicted octanol–water partition coefficient (Wildman–Crippen LogP) is 1.42. The molecule has 1 aromatic carbocycles. The molecule has 9 heteroatoms. The lowest BCUT2D eigenvalue weighted by atomic mass is 10.1. The summed E-state index contributed by atoms with van der Waals surface area (Å²) in [6.07, 6.45) is 3.64. The molecule has 1 aromatic heterocycles. The Labute approximate surface area is 159 Å². The molecule has 140 valence electrons. The second kappa shape index (κ2) is 10.1.